The van der Waals surface area contributed by atoms with Crippen LogP contribution in [0.4, 0.5) is 13.2 Å². The molecule has 1 heterocycles. The van der Waals surface area contributed by atoms with Gasteiger partial charge >= 0.3 is 12.1 Å². The number of amides is 1. The summed E-state index contributed by atoms with van der Waals surface area (Å²) in [6, 6.07) is 7.88. The van der Waals surface area contributed by atoms with Crippen molar-refractivity contribution in [1.29, 1.82) is 0 Å². The molecule has 1 amide bonds. The van der Waals surface area contributed by atoms with E-state index in [0.29, 0.717) is 10.4 Å². The maximum atomic E-state index is 12.6. The molecule has 0 saturated heterocycles. The lowest BCUT2D eigenvalue weighted by molar-refractivity contribution is -0.137. The number of hydrogen-bond acceptors (Lipinski definition) is 4. The summed E-state index contributed by atoms with van der Waals surface area (Å²) >= 11 is 1.18. The quantitative estimate of drug-likeness (QED) is 0.848. The summed E-state index contributed by atoms with van der Waals surface area (Å²) in [6.45, 7) is -0.574. The van der Waals surface area contributed by atoms with Crippen LogP contribution < -0.4 is 5.32 Å². The largest absolute Gasteiger partial charge is 0.451 e. The summed E-state index contributed by atoms with van der Waals surface area (Å²) in [5.41, 5.74) is -0.480. The molecule has 0 saturated carbocycles. The molecule has 0 aliphatic rings. The van der Waals surface area contributed by atoms with E-state index >= 15 is 0 Å². The highest BCUT2D eigenvalue weighted by Crippen LogP contribution is 2.29. The van der Waals surface area contributed by atoms with Gasteiger partial charge in [-0.15, -0.1) is 11.3 Å². The van der Waals surface area contributed by atoms with Gasteiger partial charge in [0.15, 0.2) is 6.61 Å². The van der Waals surface area contributed by atoms with Crippen molar-refractivity contribution < 1.29 is 27.5 Å². The molecule has 0 bridgehead atoms. The molecule has 0 unspecified atom stereocenters. The molecule has 1 aromatic heterocycles. The van der Waals surface area contributed by atoms with Gasteiger partial charge in [-0.25, -0.2) is 4.79 Å². The Labute approximate surface area is 133 Å². The molecule has 1 N–H and O–H groups in total. The zero-order chi connectivity index (χ0) is 16.9. The third-order valence-corrected chi connectivity index (χ3v) is 3.65. The van der Waals surface area contributed by atoms with E-state index in [0.717, 1.165) is 12.1 Å². The minimum Gasteiger partial charge on any atom is -0.451 e. The van der Waals surface area contributed by atoms with E-state index in [1.807, 2.05) is 0 Å². The highest BCUT2D eigenvalue weighted by molar-refractivity contribution is 7.11. The third kappa shape index (κ3) is 5.10. The van der Waals surface area contributed by atoms with Gasteiger partial charge in [0.2, 0.25) is 0 Å². The zero-order valence-electron chi connectivity index (χ0n) is 11.7. The molecule has 0 aliphatic carbocycles. The van der Waals surface area contributed by atoms with Crippen LogP contribution in [0.15, 0.2) is 41.8 Å². The lowest BCUT2D eigenvalue weighted by Crippen LogP contribution is -2.28. The van der Waals surface area contributed by atoms with Crippen LogP contribution in [-0.2, 0) is 22.3 Å². The van der Waals surface area contributed by atoms with Gasteiger partial charge in [0.05, 0.1) is 5.56 Å². The molecule has 2 rings (SSSR count). The first-order chi connectivity index (χ1) is 10.9. The van der Waals surface area contributed by atoms with Gasteiger partial charge in [0, 0.05) is 6.54 Å². The molecular weight excluding hydrogens is 331 g/mol. The molecule has 0 atom stereocenters. The number of benzene rings is 1. The summed E-state index contributed by atoms with van der Waals surface area (Å²) in [5, 5.41) is 4.10. The first-order valence-electron chi connectivity index (χ1n) is 6.50. The zero-order valence-corrected chi connectivity index (χ0v) is 12.5. The number of carbonyl (C=O) groups excluding carboxylic acids is 2. The maximum Gasteiger partial charge on any atom is 0.416 e. The number of ether oxygens (including phenoxy) is 1. The van der Waals surface area contributed by atoms with E-state index in [2.05, 4.69) is 5.32 Å². The Hall–Kier alpha value is -2.35. The van der Waals surface area contributed by atoms with Crippen LogP contribution in [0, 0.1) is 0 Å². The Kier molecular flexibility index (Phi) is 5.38. The SMILES string of the molecule is O=C(COC(=O)c1cccs1)NCc1cccc(C(F)(F)F)c1. The van der Waals surface area contributed by atoms with E-state index in [4.69, 9.17) is 4.74 Å². The molecule has 1 aromatic carbocycles. The topological polar surface area (TPSA) is 55.4 Å². The number of esters is 1. The van der Waals surface area contributed by atoms with Crippen molar-refractivity contribution in [1.82, 2.24) is 5.32 Å². The van der Waals surface area contributed by atoms with Crippen LogP contribution in [0.3, 0.4) is 0 Å². The number of nitrogens with one attached hydrogen (secondary N) is 1. The maximum absolute atomic E-state index is 12.6. The summed E-state index contributed by atoms with van der Waals surface area (Å²) in [5.74, 6) is -1.21. The highest BCUT2D eigenvalue weighted by atomic mass is 32.1. The van der Waals surface area contributed by atoms with E-state index in [9.17, 15) is 22.8 Å². The second kappa shape index (κ2) is 7.28. The highest BCUT2D eigenvalue weighted by Gasteiger charge is 2.30. The van der Waals surface area contributed by atoms with Gasteiger partial charge in [-0.05, 0) is 29.1 Å². The Bertz CT molecular complexity index is 684. The van der Waals surface area contributed by atoms with Gasteiger partial charge in [0.1, 0.15) is 4.88 Å². The summed E-state index contributed by atoms with van der Waals surface area (Å²) < 4.78 is 42.5. The number of thiophene rings is 1. The third-order valence-electron chi connectivity index (χ3n) is 2.80. The number of carbonyl (C=O) groups is 2. The molecule has 0 radical (unpaired) electrons. The minimum atomic E-state index is -4.43. The summed E-state index contributed by atoms with van der Waals surface area (Å²) in [4.78, 5) is 23.5. The average molecular weight is 343 g/mol. The van der Waals surface area contributed by atoms with E-state index in [-0.39, 0.29) is 6.54 Å². The van der Waals surface area contributed by atoms with Crippen LogP contribution in [0.1, 0.15) is 20.8 Å². The van der Waals surface area contributed by atoms with Gasteiger partial charge in [-0.1, -0.05) is 18.2 Å². The Morgan fingerprint density at radius 1 is 1.17 bits per heavy atom. The molecular formula is C15H12F3NO3S. The molecule has 2 aromatic rings. The van der Waals surface area contributed by atoms with Crippen molar-refractivity contribution in [3.05, 3.63) is 57.8 Å². The van der Waals surface area contributed by atoms with Gasteiger partial charge in [-0.3, -0.25) is 4.79 Å². The fraction of sp³-hybridized carbons (Fsp3) is 0.200. The predicted molar refractivity (Wildman–Crippen MR) is 77.9 cm³/mol. The Morgan fingerprint density at radius 3 is 2.61 bits per heavy atom. The molecule has 23 heavy (non-hydrogen) atoms. The van der Waals surface area contributed by atoms with Crippen LogP contribution >= 0.6 is 11.3 Å². The molecule has 8 heteroatoms. The lowest BCUT2D eigenvalue weighted by Gasteiger charge is -2.09. The lowest BCUT2D eigenvalue weighted by atomic mass is 10.1. The fourth-order valence-corrected chi connectivity index (χ4v) is 2.32. The van der Waals surface area contributed by atoms with E-state index < -0.39 is 30.2 Å². The van der Waals surface area contributed by atoms with Crippen molar-refractivity contribution in [2.45, 2.75) is 12.7 Å². The monoisotopic (exact) mass is 343 g/mol. The Balaban J connectivity index is 1.82. The van der Waals surface area contributed by atoms with Crippen molar-refractivity contribution in [2.75, 3.05) is 6.61 Å². The van der Waals surface area contributed by atoms with Crippen LogP contribution in [0.5, 0.6) is 0 Å². The van der Waals surface area contributed by atoms with Crippen molar-refractivity contribution in [3.8, 4) is 0 Å². The number of hydrogen-bond donors (Lipinski definition) is 1. The summed E-state index contributed by atoms with van der Waals surface area (Å²) in [7, 11) is 0. The van der Waals surface area contributed by atoms with Crippen LogP contribution in [0.2, 0.25) is 0 Å². The van der Waals surface area contributed by atoms with E-state index in [1.165, 1.54) is 23.5 Å². The van der Waals surface area contributed by atoms with Gasteiger partial charge in [0.25, 0.3) is 5.91 Å². The fourth-order valence-electron chi connectivity index (χ4n) is 1.71. The van der Waals surface area contributed by atoms with Crippen molar-refractivity contribution in [3.63, 3.8) is 0 Å². The minimum absolute atomic E-state index is 0.0840. The number of rotatable bonds is 5. The van der Waals surface area contributed by atoms with E-state index in [1.54, 1.807) is 17.5 Å². The molecule has 4 nitrogen and oxygen atoms in total. The van der Waals surface area contributed by atoms with Gasteiger partial charge in [-0.2, -0.15) is 13.2 Å². The summed E-state index contributed by atoms with van der Waals surface area (Å²) in [6.07, 6.45) is -4.43. The van der Waals surface area contributed by atoms with Crippen molar-refractivity contribution >= 4 is 23.2 Å². The molecule has 0 aliphatic heterocycles. The second-order valence-corrected chi connectivity index (χ2v) is 5.48. The van der Waals surface area contributed by atoms with Crippen molar-refractivity contribution in [2.24, 2.45) is 0 Å². The first kappa shape index (κ1) is 17.0. The molecule has 122 valence electrons. The smallest absolute Gasteiger partial charge is 0.416 e. The normalized spacial score (nSPS) is 11.1. The van der Waals surface area contributed by atoms with Gasteiger partial charge < -0.3 is 10.1 Å². The predicted octanol–water partition coefficient (Wildman–Crippen LogP) is 3.24. The first-order valence-corrected chi connectivity index (χ1v) is 7.37. The second-order valence-electron chi connectivity index (χ2n) is 4.53. The number of alkyl halides is 3. The average Bonchev–Trinajstić information content (AvgIpc) is 3.04. The standard InChI is InChI=1S/C15H12F3NO3S/c16-15(17,18)11-4-1-3-10(7-11)8-19-13(20)9-22-14(21)12-5-2-6-23-12/h1-7H,8-9H2,(H,19,20). The molecule has 0 spiro atoms. The van der Waals surface area contributed by atoms with Crippen LogP contribution in [0.25, 0.3) is 0 Å². The molecule has 0 fully saturated rings. The van der Waals surface area contributed by atoms with Crippen LogP contribution in [-0.4, -0.2) is 18.5 Å². The Morgan fingerprint density at radius 2 is 1.96 bits per heavy atom. The number of halogens is 3.